The van der Waals surface area contributed by atoms with Crippen molar-refractivity contribution in [1.29, 1.82) is 0 Å². The highest BCUT2D eigenvalue weighted by Gasteiger charge is 2.32. The molecule has 1 aliphatic rings. The lowest BCUT2D eigenvalue weighted by Gasteiger charge is -2.21. The summed E-state index contributed by atoms with van der Waals surface area (Å²) in [5, 5.41) is 3.68. The number of hydrogen-bond donors (Lipinski definition) is 1. The van der Waals surface area contributed by atoms with Crippen LogP contribution in [0.5, 0.6) is 5.75 Å². The SMILES string of the molecule is COc1ccc(C(Nc2ccccc2Br)C2CC2)cc1. The van der Waals surface area contributed by atoms with Crippen LogP contribution in [0.1, 0.15) is 24.4 Å². The van der Waals surface area contributed by atoms with E-state index < -0.39 is 0 Å². The quantitative estimate of drug-likeness (QED) is 0.830. The minimum Gasteiger partial charge on any atom is -0.497 e. The summed E-state index contributed by atoms with van der Waals surface area (Å²) in [4.78, 5) is 0. The van der Waals surface area contributed by atoms with Crippen LogP contribution in [0, 0.1) is 5.92 Å². The molecular weight excluding hydrogens is 314 g/mol. The molecule has 0 radical (unpaired) electrons. The van der Waals surface area contributed by atoms with Gasteiger partial charge in [-0.15, -0.1) is 0 Å². The molecular formula is C17H18BrNO. The van der Waals surface area contributed by atoms with Crippen LogP contribution in [0.2, 0.25) is 0 Å². The highest BCUT2D eigenvalue weighted by molar-refractivity contribution is 9.10. The molecule has 0 amide bonds. The Labute approximate surface area is 128 Å². The molecule has 1 saturated carbocycles. The molecule has 2 aromatic carbocycles. The molecule has 3 heteroatoms. The molecule has 1 unspecified atom stereocenters. The van der Waals surface area contributed by atoms with Crippen LogP contribution in [0.15, 0.2) is 53.0 Å². The average molecular weight is 332 g/mol. The fourth-order valence-corrected chi connectivity index (χ4v) is 2.86. The van der Waals surface area contributed by atoms with Gasteiger partial charge >= 0.3 is 0 Å². The summed E-state index contributed by atoms with van der Waals surface area (Å²) in [7, 11) is 1.70. The van der Waals surface area contributed by atoms with Gasteiger partial charge in [-0.05, 0) is 64.5 Å². The number of para-hydroxylation sites is 1. The van der Waals surface area contributed by atoms with Gasteiger partial charge in [-0.25, -0.2) is 0 Å². The second-order valence-corrected chi connectivity index (χ2v) is 6.07. The van der Waals surface area contributed by atoms with Gasteiger partial charge in [-0.3, -0.25) is 0 Å². The molecule has 0 aromatic heterocycles. The van der Waals surface area contributed by atoms with Crippen molar-refractivity contribution >= 4 is 21.6 Å². The van der Waals surface area contributed by atoms with E-state index >= 15 is 0 Å². The van der Waals surface area contributed by atoms with E-state index in [1.807, 2.05) is 18.2 Å². The van der Waals surface area contributed by atoms with Crippen LogP contribution in [0.25, 0.3) is 0 Å². The van der Waals surface area contributed by atoms with E-state index in [2.05, 4.69) is 51.6 Å². The summed E-state index contributed by atoms with van der Waals surface area (Å²) in [5.74, 6) is 1.64. The zero-order chi connectivity index (χ0) is 13.9. The summed E-state index contributed by atoms with van der Waals surface area (Å²) in [6.45, 7) is 0. The number of methoxy groups -OCH3 is 1. The minimum atomic E-state index is 0.375. The molecule has 0 aliphatic heterocycles. The van der Waals surface area contributed by atoms with Gasteiger partial charge in [0.1, 0.15) is 5.75 Å². The van der Waals surface area contributed by atoms with Crippen molar-refractivity contribution in [3.8, 4) is 5.75 Å². The molecule has 2 nitrogen and oxygen atoms in total. The van der Waals surface area contributed by atoms with Gasteiger partial charge < -0.3 is 10.1 Å². The van der Waals surface area contributed by atoms with Crippen LogP contribution in [0.4, 0.5) is 5.69 Å². The van der Waals surface area contributed by atoms with E-state index in [1.54, 1.807) is 7.11 Å². The van der Waals surface area contributed by atoms with Gasteiger partial charge in [0.25, 0.3) is 0 Å². The highest BCUT2D eigenvalue weighted by atomic mass is 79.9. The first kappa shape index (κ1) is 13.5. The normalized spacial score (nSPS) is 15.7. The molecule has 3 rings (SSSR count). The molecule has 0 heterocycles. The topological polar surface area (TPSA) is 21.3 Å². The third kappa shape index (κ3) is 2.98. The molecule has 1 N–H and O–H groups in total. The molecule has 1 atom stereocenters. The fourth-order valence-electron chi connectivity index (χ4n) is 2.46. The fraction of sp³-hybridized carbons (Fsp3) is 0.294. The number of anilines is 1. The number of halogens is 1. The molecule has 0 bridgehead atoms. The van der Waals surface area contributed by atoms with E-state index in [0.29, 0.717) is 6.04 Å². The van der Waals surface area contributed by atoms with Crippen LogP contribution >= 0.6 is 15.9 Å². The van der Waals surface area contributed by atoms with Gasteiger partial charge in [0.05, 0.1) is 13.2 Å². The molecule has 20 heavy (non-hydrogen) atoms. The first-order valence-corrected chi connectivity index (χ1v) is 7.72. The molecule has 2 aromatic rings. The van der Waals surface area contributed by atoms with Gasteiger partial charge in [0.15, 0.2) is 0 Å². The standard InChI is InChI=1S/C17H18BrNO/c1-20-14-10-8-13(9-11-14)17(12-6-7-12)19-16-5-3-2-4-15(16)18/h2-5,8-12,17,19H,6-7H2,1H3. The maximum atomic E-state index is 5.23. The second kappa shape index (κ2) is 5.88. The van der Waals surface area contributed by atoms with Crippen LogP contribution in [-0.2, 0) is 0 Å². The number of rotatable bonds is 5. The summed E-state index contributed by atoms with van der Waals surface area (Å²) < 4.78 is 6.34. The zero-order valence-electron chi connectivity index (χ0n) is 11.5. The predicted octanol–water partition coefficient (Wildman–Crippen LogP) is 5.02. The lowest BCUT2D eigenvalue weighted by molar-refractivity contribution is 0.414. The molecule has 0 spiro atoms. The monoisotopic (exact) mass is 331 g/mol. The lowest BCUT2D eigenvalue weighted by Crippen LogP contribution is -2.13. The van der Waals surface area contributed by atoms with Crippen LogP contribution in [0.3, 0.4) is 0 Å². The van der Waals surface area contributed by atoms with Crippen molar-refractivity contribution in [1.82, 2.24) is 0 Å². The molecule has 1 fully saturated rings. The Morgan fingerprint density at radius 2 is 1.80 bits per heavy atom. The van der Waals surface area contributed by atoms with E-state index in [0.717, 1.165) is 21.8 Å². The van der Waals surface area contributed by atoms with Gasteiger partial charge in [0.2, 0.25) is 0 Å². The van der Waals surface area contributed by atoms with Crippen molar-refractivity contribution in [3.63, 3.8) is 0 Å². The first-order chi connectivity index (χ1) is 9.78. The Hall–Kier alpha value is -1.48. The number of benzene rings is 2. The largest absolute Gasteiger partial charge is 0.497 e. The van der Waals surface area contributed by atoms with Crippen molar-refractivity contribution in [2.24, 2.45) is 5.92 Å². The van der Waals surface area contributed by atoms with Crippen LogP contribution in [-0.4, -0.2) is 7.11 Å². The molecule has 1 aliphatic carbocycles. The maximum absolute atomic E-state index is 5.23. The smallest absolute Gasteiger partial charge is 0.118 e. The number of nitrogens with one attached hydrogen (secondary N) is 1. The summed E-state index contributed by atoms with van der Waals surface area (Å²) in [6.07, 6.45) is 2.60. The Bertz CT molecular complexity index is 578. The maximum Gasteiger partial charge on any atom is 0.118 e. The zero-order valence-corrected chi connectivity index (χ0v) is 13.1. The molecule has 0 saturated heterocycles. The molecule has 104 valence electrons. The third-order valence-corrected chi connectivity index (χ3v) is 4.44. The van der Waals surface area contributed by atoms with Crippen molar-refractivity contribution in [2.75, 3.05) is 12.4 Å². The summed E-state index contributed by atoms with van der Waals surface area (Å²) in [6, 6.07) is 17.0. The Morgan fingerprint density at radius 3 is 2.40 bits per heavy atom. The number of ether oxygens (including phenoxy) is 1. The Kier molecular flexibility index (Phi) is 3.97. The number of hydrogen-bond acceptors (Lipinski definition) is 2. The Morgan fingerprint density at radius 1 is 1.10 bits per heavy atom. The third-order valence-electron chi connectivity index (χ3n) is 3.75. The van der Waals surface area contributed by atoms with E-state index in [4.69, 9.17) is 4.74 Å². The van der Waals surface area contributed by atoms with Crippen molar-refractivity contribution < 1.29 is 4.74 Å². The highest BCUT2D eigenvalue weighted by Crippen LogP contribution is 2.43. The summed E-state index contributed by atoms with van der Waals surface area (Å²) in [5.41, 5.74) is 2.48. The van der Waals surface area contributed by atoms with Crippen molar-refractivity contribution in [2.45, 2.75) is 18.9 Å². The first-order valence-electron chi connectivity index (χ1n) is 6.93. The lowest BCUT2D eigenvalue weighted by atomic mass is 10.0. The van der Waals surface area contributed by atoms with E-state index in [1.165, 1.54) is 18.4 Å². The van der Waals surface area contributed by atoms with Crippen molar-refractivity contribution in [3.05, 3.63) is 58.6 Å². The van der Waals surface area contributed by atoms with Gasteiger partial charge in [-0.1, -0.05) is 24.3 Å². The van der Waals surface area contributed by atoms with Gasteiger partial charge in [0, 0.05) is 10.2 Å². The predicted molar refractivity (Wildman–Crippen MR) is 86.2 cm³/mol. The van der Waals surface area contributed by atoms with Crippen LogP contribution < -0.4 is 10.1 Å². The van der Waals surface area contributed by atoms with E-state index in [-0.39, 0.29) is 0 Å². The van der Waals surface area contributed by atoms with Gasteiger partial charge in [-0.2, -0.15) is 0 Å². The summed E-state index contributed by atoms with van der Waals surface area (Å²) >= 11 is 3.61. The van der Waals surface area contributed by atoms with E-state index in [9.17, 15) is 0 Å². The minimum absolute atomic E-state index is 0.375. The Balaban J connectivity index is 1.83. The second-order valence-electron chi connectivity index (χ2n) is 5.21. The average Bonchev–Trinajstić information content (AvgIpc) is 3.31.